The van der Waals surface area contributed by atoms with Gasteiger partial charge in [0.05, 0.1) is 6.26 Å². The Hall–Kier alpha value is -1.51. The van der Waals surface area contributed by atoms with E-state index in [1.54, 1.807) is 0 Å². The van der Waals surface area contributed by atoms with Crippen LogP contribution in [-0.2, 0) is 0 Å². The average Bonchev–Trinajstić information content (AvgIpc) is 2.57. The molecule has 0 fully saturated rings. The molecule has 1 aromatic rings. The van der Waals surface area contributed by atoms with Gasteiger partial charge in [-0.1, -0.05) is 12.2 Å². The molecule has 0 amide bonds. The Morgan fingerprint density at radius 1 is 1.38 bits per heavy atom. The molecule has 0 spiro atoms. The van der Waals surface area contributed by atoms with E-state index in [2.05, 4.69) is 0 Å². The molecule has 2 rings (SSSR count). The normalized spacial score (nSPS) is 15.3. The Balaban J connectivity index is 2.44. The van der Waals surface area contributed by atoms with E-state index < -0.39 is 0 Å². The standard InChI is InChI=1S/C10H11NO2/c1-8-4-7-13-10(12)9(8)11-5-2-3-6-11/h2-4,7H,5-6H2,1H3. The van der Waals surface area contributed by atoms with Crippen LogP contribution in [0.4, 0.5) is 5.69 Å². The first-order chi connectivity index (χ1) is 6.29. The lowest BCUT2D eigenvalue weighted by Crippen LogP contribution is -2.25. The number of hydrogen-bond donors (Lipinski definition) is 0. The van der Waals surface area contributed by atoms with Gasteiger partial charge in [0.1, 0.15) is 5.69 Å². The molecule has 2 heterocycles. The van der Waals surface area contributed by atoms with Gasteiger partial charge in [-0.05, 0) is 18.6 Å². The maximum absolute atomic E-state index is 11.4. The summed E-state index contributed by atoms with van der Waals surface area (Å²) < 4.78 is 4.83. The predicted octanol–water partition coefficient (Wildman–Crippen LogP) is 1.32. The van der Waals surface area contributed by atoms with Crippen molar-refractivity contribution in [2.24, 2.45) is 0 Å². The lowest BCUT2D eigenvalue weighted by molar-refractivity contribution is 0.508. The minimum Gasteiger partial charge on any atom is -0.430 e. The predicted molar refractivity (Wildman–Crippen MR) is 51.1 cm³/mol. The first kappa shape index (κ1) is 8.10. The van der Waals surface area contributed by atoms with E-state index in [-0.39, 0.29) is 5.63 Å². The molecule has 68 valence electrons. The van der Waals surface area contributed by atoms with Crippen molar-refractivity contribution < 1.29 is 4.42 Å². The van der Waals surface area contributed by atoms with Gasteiger partial charge in [0.15, 0.2) is 0 Å². The Labute approximate surface area is 76.3 Å². The molecule has 1 aromatic heterocycles. The van der Waals surface area contributed by atoms with E-state index in [4.69, 9.17) is 4.42 Å². The zero-order valence-electron chi connectivity index (χ0n) is 7.49. The quantitative estimate of drug-likeness (QED) is 0.607. The van der Waals surface area contributed by atoms with E-state index >= 15 is 0 Å². The van der Waals surface area contributed by atoms with E-state index in [1.807, 2.05) is 30.0 Å². The Morgan fingerprint density at radius 2 is 2.08 bits per heavy atom. The van der Waals surface area contributed by atoms with Gasteiger partial charge in [0.25, 0.3) is 0 Å². The number of anilines is 1. The molecular formula is C10H11NO2. The number of rotatable bonds is 1. The van der Waals surface area contributed by atoms with Gasteiger partial charge in [-0.15, -0.1) is 0 Å². The molecule has 0 aliphatic carbocycles. The fourth-order valence-electron chi connectivity index (χ4n) is 1.53. The van der Waals surface area contributed by atoms with Gasteiger partial charge in [-0.2, -0.15) is 0 Å². The third-order valence-electron chi connectivity index (χ3n) is 2.19. The van der Waals surface area contributed by atoms with E-state index in [9.17, 15) is 4.79 Å². The van der Waals surface area contributed by atoms with Crippen molar-refractivity contribution in [1.82, 2.24) is 0 Å². The van der Waals surface area contributed by atoms with Gasteiger partial charge >= 0.3 is 5.63 Å². The Bertz CT molecular complexity index is 384. The van der Waals surface area contributed by atoms with Crippen molar-refractivity contribution in [3.8, 4) is 0 Å². The summed E-state index contributed by atoms with van der Waals surface area (Å²) in [6, 6.07) is 1.81. The first-order valence-electron chi connectivity index (χ1n) is 4.27. The van der Waals surface area contributed by atoms with Crippen molar-refractivity contribution in [3.63, 3.8) is 0 Å². The maximum atomic E-state index is 11.4. The van der Waals surface area contributed by atoms with Gasteiger partial charge in [0, 0.05) is 13.1 Å². The molecule has 0 unspecified atom stereocenters. The highest BCUT2D eigenvalue weighted by Crippen LogP contribution is 2.16. The van der Waals surface area contributed by atoms with Crippen LogP contribution in [-0.4, -0.2) is 13.1 Å². The monoisotopic (exact) mass is 177 g/mol. The van der Waals surface area contributed by atoms with Gasteiger partial charge in [-0.25, -0.2) is 4.79 Å². The summed E-state index contributed by atoms with van der Waals surface area (Å²) >= 11 is 0. The minimum absolute atomic E-state index is 0.247. The van der Waals surface area contributed by atoms with Crippen molar-refractivity contribution in [2.75, 3.05) is 18.0 Å². The highest BCUT2D eigenvalue weighted by Gasteiger charge is 2.14. The third-order valence-corrected chi connectivity index (χ3v) is 2.19. The zero-order valence-corrected chi connectivity index (χ0v) is 7.49. The molecule has 3 nitrogen and oxygen atoms in total. The van der Waals surface area contributed by atoms with E-state index in [0.717, 1.165) is 18.7 Å². The smallest absolute Gasteiger partial charge is 0.359 e. The molecular weight excluding hydrogens is 166 g/mol. The van der Waals surface area contributed by atoms with Crippen molar-refractivity contribution in [2.45, 2.75) is 6.92 Å². The maximum Gasteiger partial charge on any atom is 0.359 e. The van der Waals surface area contributed by atoms with Crippen molar-refractivity contribution >= 4 is 5.69 Å². The van der Waals surface area contributed by atoms with Crippen LogP contribution in [0.15, 0.2) is 33.7 Å². The molecule has 0 aromatic carbocycles. The van der Waals surface area contributed by atoms with Crippen LogP contribution in [0.1, 0.15) is 5.56 Å². The van der Waals surface area contributed by atoms with Gasteiger partial charge < -0.3 is 9.32 Å². The van der Waals surface area contributed by atoms with Gasteiger partial charge in [0.2, 0.25) is 0 Å². The highest BCUT2D eigenvalue weighted by molar-refractivity contribution is 5.52. The Morgan fingerprint density at radius 3 is 2.69 bits per heavy atom. The van der Waals surface area contributed by atoms with Crippen molar-refractivity contribution in [3.05, 3.63) is 40.5 Å². The molecule has 0 bridgehead atoms. The average molecular weight is 177 g/mol. The van der Waals surface area contributed by atoms with E-state index in [1.165, 1.54) is 6.26 Å². The van der Waals surface area contributed by atoms with Crippen LogP contribution < -0.4 is 10.5 Å². The lowest BCUT2D eigenvalue weighted by Gasteiger charge is -2.17. The molecule has 0 saturated heterocycles. The number of nitrogens with zero attached hydrogens (tertiary/aromatic N) is 1. The molecule has 1 aliphatic heterocycles. The first-order valence-corrected chi connectivity index (χ1v) is 4.27. The lowest BCUT2D eigenvalue weighted by atomic mass is 10.2. The molecule has 1 aliphatic rings. The second kappa shape index (κ2) is 3.09. The summed E-state index contributed by atoms with van der Waals surface area (Å²) in [5.41, 5.74) is 1.41. The molecule has 0 N–H and O–H groups in total. The van der Waals surface area contributed by atoms with Gasteiger partial charge in [-0.3, -0.25) is 0 Å². The highest BCUT2D eigenvalue weighted by atomic mass is 16.4. The number of hydrogen-bond acceptors (Lipinski definition) is 3. The summed E-state index contributed by atoms with van der Waals surface area (Å²) in [4.78, 5) is 13.4. The molecule has 0 saturated carbocycles. The van der Waals surface area contributed by atoms with Crippen LogP contribution in [0.25, 0.3) is 0 Å². The second-order valence-corrected chi connectivity index (χ2v) is 3.12. The second-order valence-electron chi connectivity index (χ2n) is 3.12. The zero-order chi connectivity index (χ0) is 9.26. The summed E-state index contributed by atoms with van der Waals surface area (Å²) in [5, 5.41) is 0. The third kappa shape index (κ3) is 1.37. The summed E-state index contributed by atoms with van der Waals surface area (Å²) in [6.07, 6.45) is 5.53. The molecule has 13 heavy (non-hydrogen) atoms. The fraction of sp³-hybridized carbons (Fsp3) is 0.300. The largest absolute Gasteiger partial charge is 0.430 e. The van der Waals surface area contributed by atoms with Crippen LogP contribution in [0.3, 0.4) is 0 Å². The minimum atomic E-state index is -0.247. The van der Waals surface area contributed by atoms with Crippen LogP contribution >= 0.6 is 0 Å². The summed E-state index contributed by atoms with van der Waals surface area (Å²) in [5.74, 6) is 0. The summed E-state index contributed by atoms with van der Waals surface area (Å²) in [6.45, 7) is 3.52. The number of aryl methyl sites for hydroxylation is 1. The summed E-state index contributed by atoms with van der Waals surface area (Å²) in [7, 11) is 0. The SMILES string of the molecule is Cc1ccoc(=O)c1N1CC=CC1. The van der Waals surface area contributed by atoms with Crippen molar-refractivity contribution in [1.29, 1.82) is 0 Å². The van der Waals surface area contributed by atoms with Crippen LogP contribution in [0, 0.1) is 6.92 Å². The topological polar surface area (TPSA) is 33.5 Å². The molecule has 0 radical (unpaired) electrons. The van der Waals surface area contributed by atoms with E-state index in [0.29, 0.717) is 5.69 Å². The van der Waals surface area contributed by atoms with Crippen LogP contribution in [0.5, 0.6) is 0 Å². The molecule has 0 atom stereocenters. The Kier molecular flexibility index (Phi) is 1.93. The molecule has 3 heteroatoms. The van der Waals surface area contributed by atoms with Crippen LogP contribution in [0.2, 0.25) is 0 Å². The fourth-order valence-corrected chi connectivity index (χ4v) is 1.53.